The fraction of sp³-hybridized carbons (Fsp3) is 0.227. The minimum absolute atomic E-state index is 0.0326. The highest BCUT2D eigenvalue weighted by atomic mass is 32.1. The number of esters is 1. The van der Waals surface area contributed by atoms with Gasteiger partial charge in [-0.1, -0.05) is 12.1 Å². The number of anilines is 2. The summed E-state index contributed by atoms with van der Waals surface area (Å²) in [7, 11) is 1.32. The molecular weight excluding hydrogens is 469 g/mol. The quantitative estimate of drug-likeness (QED) is 0.242. The van der Waals surface area contributed by atoms with E-state index in [0.717, 1.165) is 22.3 Å². The summed E-state index contributed by atoms with van der Waals surface area (Å²) in [5, 5.41) is 13.2. The number of thiazole rings is 1. The molecule has 0 unspecified atom stereocenters. The molecule has 0 N–H and O–H groups in total. The van der Waals surface area contributed by atoms with Crippen LogP contribution >= 0.6 is 11.3 Å². The van der Waals surface area contributed by atoms with Gasteiger partial charge in [0.05, 0.1) is 36.1 Å². The van der Waals surface area contributed by atoms with E-state index >= 15 is 0 Å². The second-order valence-electron chi connectivity index (χ2n) is 6.71. The number of nitrogens with zero attached hydrogens (tertiary/aromatic N) is 3. The molecule has 12 heteroatoms. The number of amides is 1. The maximum Gasteiger partial charge on any atom is 0.345 e. The molecule has 1 aromatic heterocycles. The smallest absolute Gasteiger partial charge is 0.345 e. The van der Waals surface area contributed by atoms with E-state index in [-0.39, 0.29) is 46.8 Å². The average Bonchev–Trinajstić information content (AvgIpc) is 3.26. The van der Waals surface area contributed by atoms with Crippen molar-refractivity contribution in [1.82, 2.24) is 4.98 Å². The van der Waals surface area contributed by atoms with E-state index < -0.39 is 28.3 Å². The second kappa shape index (κ2) is 10.7. The molecule has 0 fully saturated rings. The van der Waals surface area contributed by atoms with E-state index in [4.69, 9.17) is 14.2 Å². The van der Waals surface area contributed by atoms with E-state index in [9.17, 15) is 24.1 Å². The zero-order valence-corrected chi connectivity index (χ0v) is 19.3. The normalized spacial score (nSPS) is 10.5. The predicted octanol–water partition coefficient (Wildman–Crippen LogP) is 4.64. The number of ether oxygens (including phenoxy) is 3. The Hall–Kier alpha value is -4.06. The zero-order valence-electron chi connectivity index (χ0n) is 18.4. The van der Waals surface area contributed by atoms with Crippen molar-refractivity contribution in [2.24, 2.45) is 0 Å². The van der Waals surface area contributed by atoms with Gasteiger partial charge in [-0.05, 0) is 19.1 Å². The predicted molar refractivity (Wildman–Crippen MR) is 121 cm³/mol. The first-order chi connectivity index (χ1) is 16.3. The lowest BCUT2D eigenvalue weighted by Gasteiger charge is -2.18. The van der Waals surface area contributed by atoms with Crippen LogP contribution in [0.3, 0.4) is 0 Å². The Bertz CT molecular complexity index is 1230. The van der Waals surface area contributed by atoms with Crippen molar-refractivity contribution >= 4 is 39.7 Å². The molecule has 3 rings (SSSR count). The number of rotatable bonds is 9. The van der Waals surface area contributed by atoms with Gasteiger partial charge in [-0.3, -0.25) is 19.8 Å². The van der Waals surface area contributed by atoms with Crippen molar-refractivity contribution in [1.29, 1.82) is 0 Å². The van der Waals surface area contributed by atoms with Gasteiger partial charge >= 0.3 is 5.97 Å². The average molecular weight is 489 g/mol. The van der Waals surface area contributed by atoms with E-state index in [0.29, 0.717) is 0 Å². The highest BCUT2D eigenvalue weighted by Crippen LogP contribution is 2.35. The van der Waals surface area contributed by atoms with Crippen LogP contribution in [0.5, 0.6) is 11.5 Å². The highest BCUT2D eigenvalue weighted by Gasteiger charge is 2.26. The summed E-state index contributed by atoms with van der Waals surface area (Å²) < 4.78 is 29.9. The molecule has 3 aromatic rings. The van der Waals surface area contributed by atoms with E-state index in [1.54, 1.807) is 13.0 Å². The molecule has 0 saturated heterocycles. The van der Waals surface area contributed by atoms with Gasteiger partial charge in [0.15, 0.2) is 16.6 Å². The lowest BCUT2D eigenvalue weighted by atomic mass is 10.1. The van der Waals surface area contributed by atoms with Crippen molar-refractivity contribution in [3.8, 4) is 11.5 Å². The summed E-state index contributed by atoms with van der Waals surface area (Å²) in [6.45, 7) is 2.90. The number of carbonyl (C=O) groups excluding carboxylic acids is 2. The summed E-state index contributed by atoms with van der Waals surface area (Å²) in [6.07, 6.45) is 0. The number of aromatic nitrogens is 1. The second-order valence-corrected chi connectivity index (χ2v) is 7.55. The summed E-state index contributed by atoms with van der Waals surface area (Å²) in [6, 6.07) is 8.02. The molecule has 0 bridgehead atoms. The number of carbonyl (C=O) groups is 2. The highest BCUT2D eigenvalue weighted by molar-refractivity contribution is 7.14. The molecule has 178 valence electrons. The molecule has 0 radical (unpaired) electrons. The fourth-order valence-electron chi connectivity index (χ4n) is 3.01. The van der Waals surface area contributed by atoms with Crippen LogP contribution in [0.2, 0.25) is 0 Å². The zero-order chi connectivity index (χ0) is 24.8. The number of hydrogen-bond donors (Lipinski definition) is 0. The largest absolute Gasteiger partial charge is 0.493 e. The molecule has 10 nitrogen and oxygen atoms in total. The van der Waals surface area contributed by atoms with Gasteiger partial charge in [-0.15, -0.1) is 11.3 Å². The molecule has 0 aliphatic carbocycles. The van der Waals surface area contributed by atoms with Gasteiger partial charge in [-0.25, -0.2) is 14.2 Å². The van der Waals surface area contributed by atoms with Gasteiger partial charge in [0.2, 0.25) is 5.91 Å². The van der Waals surface area contributed by atoms with Crippen LogP contribution in [-0.4, -0.2) is 35.5 Å². The van der Waals surface area contributed by atoms with Crippen LogP contribution in [0.25, 0.3) is 0 Å². The first-order valence-corrected chi connectivity index (χ1v) is 10.8. The number of methoxy groups -OCH3 is 1. The van der Waals surface area contributed by atoms with Crippen LogP contribution in [0.15, 0.2) is 41.8 Å². The summed E-state index contributed by atoms with van der Waals surface area (Å²) in [5.41, 5.74) is -0.518. The SMILES string of the molecule is CCOc1cc(C(=O)OCc2csc(N(C(C)=O)c3ccccc3F)n2)c([N+](=O)[O-])cc1OC. The number of para-hydroxylation sites is 1. The molecule has 0 saturated carbocycles. The third-order valence-corrected chi connectivity index (χ3v) is 5.36. The Morgan fingerprint density at radius 1 is 1.24 bits per heavy atom. The molecular formula is C22H20FN3O7S. The fourth-order valence-corrected chi connectivity index (χ4v) is 3.88. The van der Waals surface area contributed by atoms with E-state index in [1.807, 2.05) is 0 Å². The monoisotopic (exact) mass is 489 g/mol. The molecule has 2 aromatic carbocycles. The van der Waals surface area contributed by atoms with Gasteiger partial charge < -0.3 is 14.2 Å². The number of benzene rings is 2. The lowest BCUT2D eigenvalue weighted by molar-refractivity contribution is -0.385. The van der Waals surface area contributed by atoms with E-state index in [2.05, 4.69) is 4.98 Å². The number of halogens is 1. The number of hydrogen-bond acceptors (Lipinski definition) is 9. The molecule has 1 amide bonds. The molecule has 0 aliphatic rings. The standard InChI is InChI=1S/C22H20FN3O7S/c1-4-32-20-9-15(18(26(29)30)10-19(20)31-3)21(28)33-11-14-12-34-22(24-14)25(13(2)27)17-8-6-5-7-16(17)23/h5-10,12H,4,11H2,1-3H3. The summed E-state index contributed by atoms with van der Waals surface area (Å²) >= 11 is 1.05. The van der Waals surface area contributed by atoms with Crippen LogP contribution in [0.1, 0.15) is 29.9 Å². The summed E-state index contributed by atoms with van der Waals surface area (Å²) in [4.78, 5) is 40.9. The first kappa shape index (κ1) is 24.6. The van der Waals surface area contributed by atoms with Gasteiger partial charge in [0, 0.05) is 18.4 Å². The van der Waals surface area contributed by atoms with Crippen LogP contribution in [-0.2, 0) is 16.1 Å². The number of nitro groups is 1. The first-order valence-electron chi connectivity index (χ1n) is 9.92. The van der Waals surface area contributed by atoms with Crippen molar-refractivity contribution in [2.45, 2.75) is 20.5 Å². The Morgan fingerprint density at radius 3 is 2.59 bits per heavy atom. The number of nitro benzene ring substituents is 1. The van der Waals surface area contributed by atoms with Crippen LogP contribution < -0.4 is 14.4 Å². The van der Waals surface area contributed by atoms with Crippen molar-refractivity contribution in [2.75, 3.05) is 18.6 Å². The maximum absolute atomic E-state index is 14.2. The Labute approximate surface area is 197 Å². The topological polar surface area (TPSA) is 121 Å². The maximum atomic E-state index is 14.2. The van der Waals surface area contributed by atoms with Crippen molar-refractivity contribution in [3.63, 3.8) is 0 Å². The third-order valence-electron chi connectivity index (χ3n) is 4.49. The Balaban J connectivity index is 1.82. The molecule has 34 heavy (non-hydrogen) atoms. The van der Waals surface area contributed by atoms with Crippen molar-refractivity contribution in [3.05, 3.63) is 69.0 Å². The van der Waals surface area contributed by atoms with Gasteiger partial charge in [0.25, 0.3) is 5.69 Å². The molecule has 1 heterocycles. The van der Waals surface area contributed by atoms with Crippen molar-refractivity contribution < 1.29 is 33.1 Å². The Kier molecular flexibility index (Phi) is 7.74. The van der Waals surface area contributed by atoms with Crippen LogP contribution in [0.4, 0.5) is 20.9 Å². The Morgan fingerprint density at radius 2 is 1.97 bits per heavy atom. The lowest BCUT2D eigenvalue weighted by Crippen LogP contribution is -2.23. The third kappa shape index (κ3) is 5.29. The van der Waals surface area contributed by atoms with E-state index in [1.165, 1.54) is 43.7 Å². The molecule has 0 aliphatic heterocycles. The minimum Gasteiger partial charge on any atom is -0.493 e. The van der Waals surface area contributed by atoms with Gasteiger partial charge in [-0.2, -0.15) is 0 Å². The minimum atomic E-state index is -0.970. The summed E-state index contributed by atoms with van der Waals surface area (Å²) in [5.74, 6) is -1.77. The van der Waals surface area contributed by atoms with Crippen LogP contribution in [0, 0.1) is 15.9 Å². The van der Waals surface area contributed by atoms with Gasteiger partial charge in [0.1, 0.15) is 18.0 Å². The molecule has 0 spiro atoms. The molecule has 0 atom stereocenters.